The summed E-state index contributed by atoms with van der Waals surface area (Å²) >= 11 is 2.69. The lowest BCUT2D eigenvalue weighted by Crippen LogP contribution is -2.49. The molecule has 2 heterocycles. The van der Waals surface area contributed by atoms with Crippen molar-refractivity contribution >= 4 is 51.7 Å². The molecule has 2 aromatic rings. The van der Waals surface area contributed by atoms with Gasteiger partial charge in [0, 0.05) is 18.3 Å². The first-order valence-corrected chi connectivity index (χ1v) is 11.0. The molecule has 4 rings (SSSR count). The number of benzene rings is 2. The summed E-state index contributed by atoms with van der Waals surface area (Å²) < 4.78 is 4.15. The molecule has 1 atom stereocenters. The largest absolute Gasteiger partial charge is 0.465 e. The van der Waals surface area contributed by atoms with Crippen molar-refractivity contribution in [2.24, 2.45) is 5.10 Å². The van der Waals surface area contributed by atoms with Gasteiger partial charge in [-0.15, -0.1) is 0 Å². The summed E-state index contributed by atoms with van der Waals surface area (Å²) in [4.78, 5) is 27.4. The minimum atomic E-state index is -0.898. The number of carbonyl (C=O) groups is 2. The van der Waals surface area contributed by atoms with Crippen molar-refractivity contribution in [3.8, 4) is 0 Å². The molecule has 0 aromatic heterocycles. The molecule has 30 heavy (non-hydrogen) atoms. The number of ether oxygens (including phenoxy) is 1. The monoisotopic (exact) mass is 439 g/mol. The highest BCUT2D eigenvalue weighted by Crippen LogP contribution is 2.60. The molecule has 1 unspecified atom stereocenters. The molecule has 8 heteroatoms. The molecule has 0 fully saturated rings. The molecular formula is C22H21N3O3S2. The Labute approximate surface area is 184 Å². The molecular weight excluding hydrogens is 418 g/mol. The standard InChI is InChI=1S/C22H21N3O3S2/c1-14-10-12-18(13-11-14)25-22(30-20(23-25)16(3)26)24(17-8-6-5-7-9-17)15(2)19(29-22)21(27)28-4/h5-13H,1-4H3. The highest BCUT2D eigenvalue weighted by molar-refractivity contribution is 8.29. The third-order valence-corrected chi connectivity index (χ3v) is 7.81. The first-order chi connectivity index (χ1) is 14.4. The van der Waals surface area contributed by atoms with Crippen LogP contribution < -0.4 is 9.91 Å². The van der Waals surface area contributed by atoms with Crippen LogP contribution in [0, 0.1) is 6.92 Å². The predicted octanol–water partition coefficient (Wildman–Crippen LogP) is 4.72. The third-order valence-electron chi connectivity index (χ3n) is 4.83. The van der Waals surface area contributed by atoms with Crippen molar-refractivity contribution < 1.29 is 14.3 Å². The third kappa shape index (κ3) is 3.30. The second-order valence-corrected chi connectivity index (χ2v) is 9.54. The Morgan fingerprint density at radius 2 is 1.63 bits per heavy atom. The van der Waals surface area contributed by atoms with Gasteiger partial charge in [0.2, 0.25) is 4.33 Å². The summed E-state index contributed by atoms with van der Waals surface area (Å²) in [5.74, 6) is -0.525. The van der Waals surface area contributed by atoms with Crippen LogP contribution >= 0.6 is 23.5 Å². The van der Waals surface area contributed by atoms with Gasteiger partial charge in [-0.1, -0.05) is 47.7 Å². The number of allylic oxidation sites excluding steroid dienone is 1. The first kappa shape index (κ1) is 20.6. The SMILES string of the molecule is COC(=O)C1=C(C)N(c2ccccc2)C2(SC(C(C)=O)=NN2c2ccc(C)cc2)S1. The van der Waals surface area contributed by atoms with Crippen LogP contribution in [-0.4, -0.2) is 28.2 Å². The van der Waals surface area contributed by atoms with E-state index in [4.69, 9.17) is 4.74 Å². The number of anilines is 2. The van der Waals surface area contributed by atoms with Crippen LogP contribution in [0.3, 0.4) is 0 Å². The van der Waals surface area contributed by atoms with E-state index in [1.807, 2.05) is 78.4 Å². The van der Waals surface area contributed by atoms with Crippen LogP contribution in [0.4, 0.5) is 11.4 Å². The zero-order valence-electron chi connectivity index (χ0n) is 17.1. The molecule has 2 aromatic carbocycles. The highest BCUT2D eigenvalue weighted by atomic mass is 32.2. The minimum Gasteiger partial charge on any atom is -0.465 e. The van der Waals surface area contributed by atoms with Crippen LogP contribution in [0.1, 0.15) is 19.4 Å². The molecule has 0 radical (unpaired) electrons. The molecule has 1 spiro atoms. The number of nitrogens with zero attached hydrogens (tertiary/aromatic N) is 3. The average Bonchev–Trinajstić information content (AvgIpc) is 3.27. The maximum absolute atomic E-state index is 12.6. The van der Waals surface area contributed by atoms with Gasteiger partial charge in [-0.25, -0.2) is 9.80 Å². The highest BCUT2D eigenvalue weighted by Gasteiger charge is 2.57. The van der Waals surface area contributed by atoms with E-state index in [1.54, 1.807) is 0 Å². The van der Waals surface area contributed by atoms with Gasteiger partial charge in [-0.05, 0) is 49.9 Å². The van der Waals surface area contributed by atoms with Crippen molar-refractivity contribution in [3.05, 3.63) is 70.8 Å². The van der Waals surface area contributed by atoms with Crippen LogP contribution in [0.2, 0.25) is 0 Å². The van der Waals surface area contributed by atoms with E-state index in [9.17, 15) is 9.59 Å². The Bertz CT molecular complexity index is 1070. The molecule has 0 amide bonds. The maximum Gasteiger partial charge on any atom is 0.346 e. The van der Waals surface area contributed by atoms with Crippen molar-refractivity contribution in [1.29, 1.82) is 0 Å². The fourth-order valence-electron chi connectivity index (χ4n) is 3.38. The Morgan fingerprint density at radius 1 is 0.967 bits per heavy atom. The van der Waals surface area contributed by atoms with E-state index < -0.39 is 10.3 Å². The van der Waals surface area contributed by atoms with E-state index >= 15 is 0 Å². The number of hydrogen-bond acceptors (Lipinski definition) is 8. The van der Waals surface area contributed by atoms with Gasteiger partial charge in [0.1, 0.15) is 4.91 Å². The second-order valence-electron chi connectivity index (χ2n) is 6.94. The molecule has 2 aliphatic heterocycles. The number of thioether (sulfide) groups is 2. The number of esters is 1. The number of rotatable bonds is 4. The van der Waals surface area contributed by atoms with E-state index in [-0.39, 0.29) is 5.78 Å². The van der Waals surface area contributed by atoms with Crippen molar-refractivity contribution in [2.45, 2.75) is 25.1 Å². The van der Waals surface area contributed by atoms with Gasteiger partial charge in [-0.2, -0.15) is 5.10 Å². The number of aryl methyl sites for hydroxylation is 1. The molecule has 0 saturated heterocycles. The van der Waals surface area contributed by atoms with E-state index in [1.165, 1.54) is 37.6 Å². The summed E-state index contributed by atoms with van der Waals surface area (Å²) in [5.41, 5.74) is 3.60. The van der Waals surface area contributed by atoms with Crippen LogP contribution in [0.25, 0.3) is 0 Å². The number of hydrazone groups is 1. The quantitative estimate of drug-likeness (QED) is 0.639. The average molecular weight is 440 g/mol. The number of hydrogen-bond donors (Lipinski definition) is 0. The van der Waals surface area contributed by atoms with Gasteiger partial charge < -0.3 is 9.64 Å². The Balaban J connectivity index is 1.91. The zero-order chi connectivity index (χ0) is 21.5. The topological polar surface area (TPSA) is 62.2 Å². The smallest absolute Gasteiger partial charge is 0.346 e. The van der Waals surface area contributed by atoms with Gasteiger partial charge in [-0.3, -0.25) is 4.79 Å². The van der Waals surface area contributed by atoms with Crippen LogP contribution in [0.5, 0.6) is 0 Å². The summed E-state index contributed by atoms with van der Waals surface area (Å²) in [7, 11) is 1.37. The minimum absolute atomic E-state index is 0.119. The van der Waals surface area contributed by atoms with Crippen LogP contribution in [-0.2, 0) is 14.3 Å². The molecule has 0 saturated carbocycles. The van der Waals surface area contributed by atoms with Crippen molar-refractivity contribution in [3.63, 3.8) is 0 Å². The van der Waals surface area contributed by atoms with Gasteiger partial charge in [0.05, 0.1) is 12.8 Å². The lowest BCUT2D eigenvalue weighted by molar-refractivity contribution is -0.135. The van der Waals surface area contributed by atoms with Crippen LogP contribution in [0.15, 0.2) is 70.3 Å². The lowest BCUT2D eigenvalue weighted by Gasteiger charge is -2.41. The van der Waals surface area contributed by atoms with E-state index in [0.717, 1.165) is 22.6 Å². The fraction of sp³-hybridized carbons (Fsp3) is 0.227. The number of carbonyl (C=O) groups excluding carboxylic acids is 2. The second kappa shape index (κ2) is 7.85. The summed E-state index contributed by atoms with van der Waals surface area (Å²) in [6.45, 7) is 5.41. The molecule has 0 aliphatic carbocycles. The van der Waals surface area contributed by atoms with Gasteiger partial charge >= 0.3 is 5.97 Å². The lowest BCUT2D eigenvalue weighted by atomic mass is 10.2. The van der Waals surface area contributed by atoms with E-state index in [2.05, 4.69) is 5.10 Å². The normalized spacial score (nSPS) is 20.7. The predicted molar refractivity (Wildman–Crippen MR) is 123 cm³/mol. The van der Waals surface area contributed by atoms with Crippen molar-refractivity contribution in [2.75, 3.05) is 17.0 Å². The summed E-state index contributed by atoms with van der Waals surface area (Å²) in [5, 5.41) is 6.89. The Morgan fingerprint density at radius 3 is 2.23 bits per heavy atom. The Hall–Kier alpha value is -2.71. The molecule has 154 valence electrons. The van der Waals surface area contributed by atoms with Gasteiger partial charge in [0.15, 0.2) is 10.8 Å². The number of methoxy groups -OCH3 is 1. The van der Waals surface area contributed by atoms with Crippen molar-refractivity contribution in [1.82, 2.24) is 0 Å². The summed E-state index contributed by atoms with van der Waals surface area (Å²) in [6.07, 6.45) is 0. The summed E-state index contributed by atoms with van der Waals surface area (Å²) in [6, 6.07) is 17.7. The van der Waals surface area contributed by atoms with E-state index in [0.29, 0.717) is 9.95 Å². The zero-order valence-corrected chi connectivity index (χ0v) is 18.7. The molecule has 0 bridgehead atoms. The van der Waals surface area contributed by atoms with Gasteiger partial charge in [0.25, 0.3) is 0 Å². The molecule has 0 N–H and O–H groups in total. The first-order valence-electron chi connectivity index (χ1n) is 9.36. The number of ketones is 1. The number of Topliss-reactive ketones (excluding diaryl/α,β-unsaturated/α-hetero) is 1. The number of para-hydroxylation sites is 1. The molecule has 2 aliphatic rings. The fourth-order valence-corrected chi connectivity index (χ4v) is 6.35. The maximum atomic E-state index is 12.6. The molecule has 6 nitrogen and oxygen atoms in total. The Kier molecular flexibility index (Phi) is 5.38.